The SMILES string of the molecule is C=CCN(CCCC)C(=O)C1N([C@@H](CO)[C@@H](C)CC)C(=O)[C@@H]2[C@H](C(=O)N(CC=C)CCC)[C@H]3OC12CC3Br. The number of ether oxygens (including phenoxy) is 1. The maximum atomic E-state index is 14.4. The molecule has 0 saturated carbocycles. The molecule has 0 radical (unpaired) electrons. The monoisotopic (exact) mass is 595 g/mol. The number of carbonyl (C=O) groups excluding carboxylic acids is 3. The number of aliphatic hydroxyl groups excluding tert-OH is 1. The van der Waals surface area contributed by atoms with E-state index in [-0.39, 0.29) is 35.1 Å². The smallest absolute Gasteiger partial charge is 0.248 e. The molecule has 8 atom stereocenters. The number of unbranched alkanes of at least 4 members (excludes halogenated alkanes) is 1. The highest BCUT2D eigenvalue weighted by Crippen LogP contribution is 2.61. The van der Waals surface area contributed by atoms with Gasteiger partial charge in [0.25, 0.3) is 0 Å². The highest BCUT2D eigenvalue weighted by Gasteiger charge is 2.77. The van der Waals surface area contributed by atoms with Crippen molar-refractivity contribution in [2.45, 2.75) is 88.4 Å². The minimum absolute atomic E-state index is 0.0403. The zero-order valence-corrected chi connectivity index (χ0v) is 25.1. The van der Waals surface area contributed by atoms with Crippen LogP contribution >= 0.6 is 15.9 Å². The number of nitrogens with zero attached hydrogens (tertiary/aromatic N) is 3. The molecule has 3 aliphatic heterocycles. The Kier molecular flexibility index (Phi) is 10.6. The minimum atomic E-state index is -1.13. The number of carbonyl (C=O) groups is 3. The van der Waals surface area contributed by atoms with Crippen LogP contribution in [0.4, 0.5) is 0 Å². The lowest BCUT2D eigenvalue weighted by atomic mass is 9.70. The van der Waals surface area contributed by atoms with Gasteiger partial charge in [-0.1, -0.05) is 68.6 Å². The molecule has 0 aromatic rings. The van der Waals surface area contributed by atoms with Crippen LogP contribution in [0.5, 0.6) is 0 Å². The van der Waals surface area contributed by atoms with Crippen molar-refractivity contribution in [3.63, 3.8) is 0 Å². The van der Waals surface area contributed by atoms with Crippen LogP contribution in [0.2, 0.25) is 0 Å². The number of rotatable bonds is 15. The molecule has 3 heterocycles. The third kappa shape index (κ3) is 5.22. The van der Waals surface area contributed by atoms with Crippen molar-refractivity contribution in [3.05, 3.63) is 25.3 Å². The van der Waals surface area contributed by atoms with Gasteiger partial charge in [-0.15, -0.1) is 13.2 Å². The summed E-state index contributed by atoms with van der Waals surface area (Å²) >= 11 is 3.75. The number of fused-ring (bicyclic) bond motifs is 1. The Balaban J connectivity index is 2.14. The lowest BCUT2D eigenvalue weighted by molar-refractivity contribution is -0.153. The summed E-state index contributed by atoms with van der Waals surface area (Å²) < 4.78 is 6.67. The molecule has 3 amide bonds. The molecular formula is C29H46BrN3O5. The molecule has 214 valence electrons. The molecule has 3 rings (SSSR count). The van der Waals surface area contributed by atoms with Crippen molar-refractivity contribution >= 4 is 33.7 Å². The first-order valence-corrected chi connectivity index (χ1v) is 15.1. The topological polar surface area (TPSA) is 90.4 Å². The second-order valence-electron chi connectivity index (χ2n) is 11.0. The van der Waals surface area contributed by atoms with Crippen molar-refractivity contribution in [2.75, 3.05) is 32.8 Å². The fourth-order valence-electron chi connectivity index (χ4n) is 6.70. The van der Waals surface area contributed by atoms with E-state index in [4.69, 9.17) is 4.74 Å². The van der Waals surface area contributed by atoms with Gasteiger partial charge >= 0.3 is 0 Å². The van der Waals surface area contributed by atoms with E-state index in [0.29, 0.717) is 32.6 Å². The van der Waals surface area contributed by atoms with Crippen LogP contribution in [0.1, 0.15) is 59.8 Å². The highest BCUT2D eigenvalue weighted by molar-refractivity contribution is 9.09. The molecular weight excluding hydrogens is 550 g/mol. The molecule has 3 fully saturated rings. The zero-order chi connectivity index (χ0) is 28.2. The number of amides is 3. The summed E-state index contributed by atoms with van der Waals surface area (Å²) in [5, 5.41) is 10.5. The Morgan fingerprint density at radius 1 is 1.16 bits per heavy atom. The molecule has 38 heavy (non-hydrogen) atoms. The Bertz CT molecular complexity index is 899. The van der Waals surface area contributed by atoms with Gasteiger partial charge in [-0.3, -0.25) is 14.4 Å². The number of likely N-dealkylation sites (tertiary alicyclic amines) is 1. The Morgan fingerprint density at radius 2 is 1.79 bits per heavy atom. The zero-order valence-electron chi connectivity index (χ0n) is 23.5. The third-order valence-electron chi connectivity index (χ3n) is 8.69. The fraction of sp³-hybridized carbons (Fsp3) is 0.759. The average Bonchev–Trinajstić information content (AvgIpc) is 3.49. The summed E-state index contributed by atoms with van der Waals surface area (Å²) in [6.45, 7) is 17.3. The number of hydrogen-bond acceptors (Lipinski definition) is 5. The van der Waals surface area contributed by atoms with E-state index in [2.05, 4.69) is 36.0 Å². The predicted molar refractivity (Wildman–Crippen MR) is 152 cm³/mol. The summed E-state index contributed by atoms with van der Waals surface area (Å²) in [5.41, 5.74) is -1.13. The molecule has 3 unspecified atom stereocenters. The van der Waals surface area contributed by atoms with E-state index in [9.17, 15) is 19.5 Å². The molecule has 8 nitrogen and oxygen atoms in total. The number of hydrogen-bond donors (Lipinski definition) is 1. The van der Waals surface area contributed by atoms with E-state index >= 15 is 0 Å². The standard InChI is InChI=1S/C29H46BrN3O5/c1-7-12-16-32(15-10-4)28(37)25-29-17-20(30)24(38-29)22(26(35)31(13-8-2)14-9-3)23(29)27(36)33(25)21(18-34)19(6)11-5/h8,10,19-25,34H,2,4,7,9,11-18H2,1,3,5-6H3/t19-,20?,21-,22-,23-,24-,25?,29?/m0/s1. The predicted octanol–water partition coefficient (Wildman–Crippen LogP) is 3.38. The van der Waals surface area contributed by atoms with Crippen LogP contribution in [0.15, 0.2) is 25.3 Å². The Labute approximate surface area is 236 Å². The summed E-state index contributed by atoms with van der Waals surface area (Å²) in [7, 11) is 0. The molecule has 0 aliphatic carbocycles. The molecule has 2 bridgehead atoms. The normalized spacial score (nSPS) is 31.2. The van der Waals surface area contributed by atoms with Crippen molar-refractivity contribution in [2.24, 2.45) is 17.8 Å². The Hall–Kier alpha value is -1.71. The maximum Gasteiger partial charge on any atom is 0.248 e. The first-order valence-electron chi connectivity index (χ1n) is 14.2. The van der Waals surface area contributed by atoms with E-state index < -0.39 is 35.6 Å². The summed E-state index contributed by atoms with van der Waals surface area (Å²) in [6.07, 6.45) is 6.61. The molecule has 3 aliphatic rings. The molecule has 9 heteroatoms. The van der Waals surface area contributed by atoms with Crippen LogP contribution in [0, 0.1) is 17.8 Å². The summed E-state index contributed by atoms with van der Waals surface area (Å²) in [4.78, 5) is 47.7. The average molecular weight is 597 g/mol. The first kappa shape index (κ1) is 30.8. The lowest BCUT2D eigenvalue weighted by Gasteiger charge is -2.41. The minimum Gasteiger partial charge on any atom is -0.394 e. The molecule has 0 aromatic carbocycles. The first-order chi connectivity index (χ1) is 18.2. The Morgan fingerprint density at radius 3 is 2.32 bits per heavy atom. The maximum absolute atomic E-state index is 14.4. The van der Waals surface area contributed by atoms with Crippen LogP contribution in [-0.4, -0.2) is 98.9 Å². The van der Waals surface area contributed by atoms with E-state index in [1.165, 1.54) is 0 Å². The molecule has 1 spiro atoms. The largest absolute Gasteiger partial charge is 0.394 e. The number of alkyl halides is 1. The van der Waals surface area contributed by atoms with E-state index in [1.54, 1.807) is 26.9 Å². The van der Waals surface area contributed by atoms with Crippen molar-refractivity contribution in [3.8, 4) is 0 Å². The second kappa shape index (κ2) is 13.1. The fourth-order valence-corrected chi connectivity index (χ4v) is 7.64. The van der Waals surface area contributed by atoms with Gasteiger partial charge in [-0.05, 0) is 25.2 Å². The van der Waals surface area contributed by atoms with Gasteiger partial charge in [-0.25, -0.2) is 0 Å². The van der Waals surface area contributed by atoms with Gasteiger partial charge in [0.15, 0.2) is 0 Å². The van der Waals surface area contributed by atoms with E-state index in [0.717, 1.165) is 25.7 Å². The molecule has 1 N–H and O–H groups in total. The van der Waals surface area contributed by atoms with Gasteiger partial charge in [0.05, 0.1) is 30.6 Å². The van der Waals surface area contributed by atoms with Crippen LogP contribution in [0.3, 0.4) is 0 Å². The van der Waals surface area contributed by atoms with Gasteiger partial charge in [0.1, 0.15) is 11.6 Å². The van der Waals surface area contributed by atoms with Crippen LogP contribution < -0.4 is 0 Å². The van der Waals surface area contributed by atoms with Gasteiger partial charge in [0, 0.05) is 31.0 Å². The van der Waals surface area contributed by atoms with E-state index in [1.807, 2.05) is 20.8 Å². The van der Waals surface area contributed by atoms with Gasteiger partial charge in [-0.2, -0.15) is 0 Å². The third-order valence-corrected chi connectivity index (χ3v) is 9.53. The second-order valence-corrected chi connectivity index (χ2v) is 12.2. The summed E-state index contributed by atoms with van der Waals surface area (Å²) in [6, 6.07) is -1.46. The number of aliphatic hydroxyl groups is 1. The molecule has 0 aromatic heterocycles. The lowest BCUT2D eigenvalue weighted by Crippen LogP contribution is -2.60. The van der Waals surface area contributed by atoms with Crippen molar-refractivity contribution in [1.82, 2.24) is 14.7 Å². The summed E-state index contributed by atoms with van der Waals surface area (Å²) in [5.74, 6) is -2.10. The molecule has 3 saturated heterocycles. The highest BCUT2D eigenvalue weighted by atomic mass is 79.9. The van der Waals surface area contributed by atoms with Gasteiger partial charge in [0.2, 0.25) is 17.7 Å². The quantitative estimate of drug-likeness (QED) is 0.231. The number of halogens is 1. The van der Waals surface area contributed by atoms with Crippen LogP contribution in [-0.2, 0) is 19.1 Å². The van der Waals surface area contributed by atoms with Crippen molar-refractivity contribution in [1.29, 1.82) is 0 Å². The van der Waals surface area contributed by atoms with Crippen LogP contribution in [0.25, 0.3) is 0 Å². The van der Waals surface area contributed by atoms with Gasteiger partial charge < -0.3 is 24.5 Å². The van der Waals surface area contributed by atoms with Crippen molar-refractivity contribution < 1.29 is 24.2 Å².